The fourth-order valence-corrected chi connectivity index (χ4v) is 2.27. The number of unbranched alkanes of at least 4 members (excludes halogenated alkanes) is 1. The zero-order valence-corrected chi connectivity index (χ0v) is 14.7. The molecule has 0 fully saturated rings. The molecule has 0 N–H and O–H groups in total. The summed E-state index contributed by atoms with van der Waals surface area (Å²) in [7, 11) is 0. The number of carbonyl (C=O) groups is 1. The molecule has 0 aliphatic carbocycles. The lowest BCUT2D eigenvalue weighted by Gasteiger charge is -2.06. The number of ether oxygens (including phenoxy) is 2. The van der Waals surface area contributed by atoms with Crippen LogP contribution in [0.5, 0.6) is 11.5 Å². The van der Waals surface area contributed by atoms with Crippen LogP contribution in [0.2, 0.25) is 5.02 Å². The molecule has 0 atom stereocenters. The summed E-state index contributed by atoms with van der Waals surface area (Å²) in [5.41, 5.74) is 1.72. The van der Waals surface area contributed by atoms with Gasteiger partial charge in [0, 0.05) is 11.1 Å². The molecule has 0 radical (unpaired) electrons. The van der Waals surface area contributed by atoms with Crippen LogP contribution in [-0.4, -0.2) is 12.6 Å². The molecular formula is C20H21ClO3. The van der Waals surface area contributed by atoms with E-state index in [-0.39, 0.29) is 0 Å². The molecule has 3 nitrogen and oxygen atoms in total. The standard InChI is InChI=1S/C20H21ClO3/c1-3-4-13-23-18-9-5-16(6-10-18)7-12-20(22)24-19-11-8-17(21)14-15(19)2/h5-12,14H,3-4,13H2,1-2H3/b12-7+. The van der Waals surface area contributed by atoms with Gasteiger partial charge >= 0.3 is 5.97 Å². The van der Waals surface area contributed by atoms with Gasteiger partial charge in [0.2, 0.25) is 0 Å². The molecule has 0 amide bonds. The summed E-state index contributed by atoms with van der Waals surface area (Å²) < 4.78 is 10.9. The van der Waals surface area contributed by atoms with E-state index in [1.165, 1.54) is 6.08 Å². The number of benzene rings is 2. The molecule has 2 rings (SSSR count). The molecule has 2 aromatic carbocycles. The largest absolute Gasteiger partial charge is 0.494 e. The molecule has 0 saturated heterocycles. The fraction of sp³-hybridized carbons (Fsp3) is 0.250. The molecule has 0 saturated carbocycles. The second kappa shape index (κ2) is 9.14. The molecule has 0 aliphatic rings. The van der Waals surface area contributed by atoms with Crippen LogP contribution >= 0.6 is 11.6 Å². The van der Waals surface area contributed by atoms with Crippen LogP contribution in [0, 0.1) is 6.92 Å². The van der Waals surface area contributed by atoms with Gasteiger partial charge in [-0.3, -0.25) is 0 Å². The number of rotatable bonds is 7. The van der Waals surface area contributed by atoms with E-state index in [0.29, 0.717) is 10.8 Å². The molecule has 0 heterocycles. The molecule has 0 unspecified atom stereocenters. The Hall–Kier alpha value is -2.26. The molecule has 0 aliphatic heterocycles. The van der Waals surface area contributed by atoms with Crippen LogP contribution in [0.3, 0.4) is 0 Å². The van der Waals surface area contributed by atoms with Gasteiger partial charge in [-0.2, -0.15) is 0 Å². The topological polar surface area (TPSA) is 35.5 Å². The Labute approximate surface area is 147 Å². The Kier molecular flexibility index (Phi) is 6.89. The van der Waals surface area contributed by atoms with Crippen LogP contribution in [-0.2, 0) is 4.79 Å². The van der Waals surface area contributed by atoms with E-state index in [9.17, 15) is 4.79 Å². The molecular weight excluding hydrogens is 324 g/mol. The van der Waals surface area contributed by atoms with Gasteiger partial charge in [-0.15, -0.1) is 0 Å². The number of halogens is 1. The van der Waals surface area contributed by atoms with E-state index in [2.05, 4.69) is 6.92 Å². The minimum absolute atomic E-state index is 0.427. The van der Waals surface area contributed by atoms with Crippen molar-refractivity contribution in [1.29, 1.82) is 0 Å². The Bertz CT molecular complexity index is 705. The summed E-state index contributed by atoms with van der Waals surface area (Å²) in [6.07, 6.45) is 5.26. The van der Waals surface area contributed by atoms with Crippen LogP contribution in [0.1, 0.15) is 30.9 Å². The molecule has 0 spiro atoms. The van der Waals surface area contributed by atoms with Crippen molar-refractivity contribution in [3.05, 3.63) is 64.7 Å². The lowest BCUT2D eigenvalue weighted by molar-refractivity contribution is -0.128. The Balaban J connectivity index is 1.91. The average molecular weight is 345 g/mol. The van der Waals surface area contributed by atoms with Crippen molar-refractivity contribution in [2.45, 2.75) is 26.7 Å². The van der Waals surface area contributed by atoms with Crippen LogP contribution < -0.4 is 9.47 Å². The molecule has 2 aromatic rings. The Morgan fingerprint density at radius 3 is 2.58 bits per heavy atom. The Morgan fingerprint density at radius 1 is 1.17 bits per heavy atom. The molecule has 126 valence electrons. The third kappa shape index (κ3) is 5.74. The van der Waals surface area contributed by atoms with Gasteiger partial charge in [-0.25, -0.2) is 4.79 Å². The van der Waals surface area contributed by atoms with Crippen molar-refractivity contribution in [2.24, 2.45) is 0 Å². The SMILES string of the molecule is CCCCOc1ccc(/C=C/C(=O)Oc2ccc(Cl)cc2C)cc1. The van der Waals surface area contributed by atoms with Crippen molar-refractivity contribution < 1.29 is 14.3 Å². The minimum Gasteiger partial charge on any atom is -0.494 e. The smallest absolute Gasteiger partial charge is 0.336 e. The first-order valence-corrected chi connectivity index (χ1v) is 8.35. The highest BCUT2D eigenvalue weighted by molar-refractivity contribution is 6.30. The first kappa shape index (κ1) is 18.1. The van der Waals surface area contributed by atoms with Crippen molar-refractivity contribution in [3.8, 4) is 11.5 Å². The van der Waals surface area contributed by atoms with Gasteiger partial charge < -0.3 is 9.47 Å². The summed E-state index contributed by atoms with van der Waals surface area (Å²) in [6, 6.07) is 12.7. The quantitative estimate of drug-likeness (QED) is 0.290. The number of hydrogen-bond donors (Lipinski definition) is 0. The van der Waals surface area contributed by atoms with Crippen molar-refractivity contribution >= 4 is 23.6 Å². The highest BCUT2D eigenvalue weighted by Crippen LogP contribution is 2.22. The number of aryl methyl sites for hydroxylation is 1. The summed E-state index contributed by atoms with van der Waals surface area (Å²) in [4.78, 5) is 11.9. The lowest BCUT2D eigenvalue weighted by Crippen LogP contribution is -2.04. The van der Waals surface area contributed by atoms with E-state index in [1.807, 2.05) is 31.2 Å². The zero-order valence-electron chi connectivity index (χ0n) is 13.9. The Morgan fingerprint density at radius 2 is 1.92 bits per heavy atom. The minimum atomic E-state index is -0.427. The molecule has 4 heteroatoms. The van der Waals surface area contributed by atoms with Crippen molar-refractivity contribution in [1.82, 2.24) is 0 Å². The maximum Gasteiger partial charge on any atom is 0.336 e. The van der Waals surface area contributed by atoms with Gasteiger partial charge in [0.25, 0.3) is 0 Å². The molecule has 0 aromatic heterocycles. The van der Waals surface area contributed by atoms with Crippen LogP contribution in [0.15, 0.2) is 48.5 Å². The second-order valence-electron chi connectivity index (χ2n) is 5.44. The van der Waals surface area contributed by atoms with Gasteiger partial charge in [0.15, 0.2) is 0 Å². The summed E-state index contributed by atoms with van der Waals surface area (Å²) >= 11 is 5.88. The van der Waals surface area contributed by atoms with Crippen LogP contribution in [0.4, 0.5) is 0 Å². The van der Waals surface area contributed by atoms with E-state index in [0.717, 1.165) is 36.3 Å². The molecule has 24 heavy (non-hydrogen) atoms. The maximum atomic E-state index is 11.9. The normalized spacial score (nSPS) is 10.8. The first-order chi connectivity index (χ1) is 11.6. The summed E-state index contributed by atoms with van der Waals surface area (Å²) in [5.74, 6) is 0.914. The summed E-state index contributed by atoms with van der Waals surface area (Å²) in [6.45, 7) is 4.69. The van der Waals surface area contributed by atoms with Crippen LogP contribution in [0.25, 0.3) is 6.08 Å². The van der Waals surface area contributed by atoms with E-state index in [1.54, 1.807) is 24.3 Å². The van der Waals surface area contributed by atoms with Gasteiger partial charge in [0.05, 0.1) is 6.61 Å². The summed E-state index contributed by atoms with van der Waals surface area (Å²) in [5, 5.41) is 0.615. The predicted molar refractivity (Wildman–Crippen MR) is 97.7 cm³/mol. The van der Waals surface area contributed by atoms with Crippen molar-refractivity contribution in [3.63, 3.8) is 0 Å². The zero-order chi connectivity index (χ0) is 17.4. The lowest BCUT2D eigenvalue weighted by atomic mass is 10.2. The van der Waals surface area contributed by atoms with E-state index in [4.69, 9.17) is 21.1 Å². The van der Waals surface area contributed by atoms with Gasteiger partial charge in [-0.05, 0) is 60.9 Å². The average Bonchev–Trinajstić information content (AvgIpc) is 2.57. The second-order valence-corrected chi connectivity index (χ2v) is 5.87. The van der Waals surface area contributed by atoms with Crippen molar-refractivity contribution in [2.75, 3.05) is 6.61 Å². The van der Waals surface area contributed by atoms with E-state index >= 15 is 0 Å². The van der Waals surface area contributed by atoms with E-state index < -0.39 is 5.97 Å². The first-order valence-electron chi connectivity index (χ1n) is 7.97. The highest BCUT2D eigenvalue weighted by atomic mass is 35.5. The van der Waals surface area contributed by atoms with Gasteiger partial charge in [0.1, 0.15) is 11.5 Å². The predicted octanol–water partition coefficient (Wildman–Crippen LogP) is 5.45. The van der Waals surface area contributed by atoms with Gasteiger partial charge in [-0.1, -0.05) is 37.1 Å². The number of carbonyl (C=O) groups excluding carboxylic acids is 1. The third-order valence-corrected chi connectivity index (χ3v) is 3.64. The monoisotopic (exact) mass is 344 g/mol. The number of hydrogen-bond acceptors (Lipinski definition) is 3. The number of esters is 1. The molecule has 0 bridgehead atoms. The highest BCUT2D eigenvalue weighted by Gasteiger charge is 2.04. The fourth-order valence-electron chi connectivity index (χ4n) is 2.04. The third-order valence-electron chi connectivity index (χ3n) is 3.41. The maximum absolute atomic E-state index is 11.9.